The highest BCUT2D eigenvalue weighted by Crippen LogP contribution is 2.30. The molecule has 0 spiro atoms. The highest BCUT2D eigenvalue weighted by Gasteiger charge is 2.30. The van der Waals surface area contributed by atoms with Crippen molar-refractivity contribution in [2.45, 2.75) is 11.9 Å². The van der Waals surface area contributed by atoms with Gasteiger partial charge in [0, 0.05) is 17.9 Å². The van der Waals surface area contributed by atoms with Crippen LogP contribution >= 0.6 is 11.8 Å². The molecule has 1 heterocycles. The van der Waals surface area contributed by atoms with Gasteiger partial charge in [0.1, 0.15) is 0 Å². The first-order valence-electron chi connectivity index (χ1n) is 7.65. The first kappa shape index (κ1) is 17.5. The van der Waals surface area contributed by atoms with E-state index in [4.69, 9.17) is 0 Å². The van der Waals surface area contributed by atoms with E-state index in [-0.39, 0.29) is 5.91 Å². The molecule has 7 heteroatoms. The van der Waals surface area contributed by atoms with Gasteiger partial charge in [-0.15, -0.1) is 0 Å². The van der Waals surface area contributed by atoms with Crippen LogP contribution in [0.3, 0.4) is 0 Å². The summed E-state index contributed by atoms with van der Waals surface area (Å²) in [5.41, 5.74) is 0.439. The zero-order valence-corrected chi connectivity index (χ0v) is 14.0. The maximum atomic E-state index is 12.8. The molecular formula is C18H15F3N2OS. The molecule has 0 aliphatic carbocycles. The zero-order valence-electron chi connectivity index (χ0n) is 13.2. The van der Waals surface area contributed by atoms with Crippen LogP contribution in [0.25, 0.3) is 0 Å². The van der Waals surface area contributed by atoms with E-state index in [0.29, 0.717) is 35.1 Å². The van der Waals surface area contributed by atoms with Gasteiger partial charge in [-0.05, 0) is 23.8 Å². The second-order valence-corrected chi connectivity index (χ2v) is 6.42. The van der Waals surface area contributed by atoms with Crippen molar-refractivity contribution in [1.82, 2.24) is 4.90 Å². The van der Waals surface area contributed by atoms with Crippen molar-refractivity contribution in [2.75, 3.05) is 13.1 Å². The topological polar surface area (TPSA) is 32.7 Å². The number of amidine groups is 1. The van der Waals surface area contributed by atoms with Gasteiger partial charge in [0.15, 0.2) is 5.17 Å². The number of thioether (sulfide) groups is 1. The summed E-state index contributed by atoms with van der Waals surface area (Å²) >= 11 is 1.28. The monoisotopic (exact) mass is 364 g/mol. The molecule has 0 unspecified atom stereocenters. The van der Waals surface area contributed by atoms with Gasteiger partial charge in [-0.2, -0.15) is 13.2 Å². The number of rotatable bonds is 3. The Balaban J connectivity index is 1.68. The van der Waals surface area contributed by atoms with Crippen LogP contribution in [0.5, 0.6) is 0 Å². The summed E-state index contributed by atoms with van der Waals surface area (Å²) in [6.45, 7) is 0.988. The quantitative estimate of drug-likeness (QED) is 0.806. The van der Waals surface area contributed by atoms with Crippen molar-refractivity contribution in [3.8, 4) is 0 Å². The second-order valence-electron chi connectivity index (χ2n) is 5.47. The van der Waals surface area contributed by atoms with Crippen LogP contribution in [0.1, 0.15) is 21.5 Å². The number of alkyl halides is 3. The molecule has 1 aliphatic heterocycles. The van der Waals surface area contributed by atoms with E-state index in [0.717, 1.165) is 12.1 Å². The predicted octanol–water partition coefficient (Wildman–Crippen LogP) is 4.45. The fourth-order valence-electron chi connectivity index (χ4n) is 2.46. The zero-order chi connectivity index (χ0) is 17.9. The molecule has 0 bridgehead atoms. The van der Waals surface area contributed by atoms with Gasteiger partial charge < -0.3 is 0 Å². The van der Waals surface area contributed by atoms with Crippen LogP contribution in [-0.4, -0.2) is 29.1 Å². The average molecular weight is 364 g/mol. The van der Waals surface area contributed by atoms with Crippen LogP contribution < -0.4 is 0 Å². The maximum absolute atomic E-state index is 12.8. The standard InChI is InChI=1S/C18H15F3N2OS/c19-18(20,21)15-8-4-5-13(11-15)12-25-17-22-9-10-23(17)16(24)14-6-2-1-3-7-14/h1-8,11H,9-10,12H2. The Labute approximate surface area is 147 Å². The summed E-state index contributed by atoms with van der Waals surface area (Å²) in [4.78, 5) is 18.4. The second kappa shape index (κ2) is 7.31. The molecule has 0 atom stereocenters. The lowest BCUT2D eigenvalue weighted by Crippen LogP contribution is -2.32. The summed E-state index contributed by atoms with van der Waals surface area (Å²) in [7, 11) is 0. The van der Waals surface area contributed by atoms with Crippen molar-refractivity contribution in [3.05, 3.63) is 71.3 Å². The van der Waals surface area contributed by atoms with Crippen molar-refractivity contribution >= 4 is 22.8 Å². The Kier molecular flexibility index (Phi) is 5.13. The molecule has 0 N–H and O–H groups in total. The molecule has 0 saturated heterocycles. The molecule has 0 aromatic heterocycles. The lowest BCUT2D eigenvalue weighted by Gasteiger charge is -2.18. The normalized spacial score (nSPS) is 14.5. The van der Waals surface area contributed by atoms with E-state index in [1.54, 1.807) is 35.2 Å². The number of hydrogen-bond donors (Lipinski definition) is 0. The molecule has 25 heavy (non-hydrogen) atoms. The summed E-state index contributed by atoms with van der Waals surface area (Å²) in [6.07, 6.45) is -4.36. The molecule has 2 aromatic rings. The van der Waals surface area contributed by atoms with Gasteiger partial charge in [0.05, 0.1) is 12.1 Å². The van der Waals surface area contributed by atoms with E-state index in [1.807, 2.05) is 6.07 Å². The Bertz CT molecular complexity index is 790. The number of amides is 1. The van der Waals surface area contributed by atoms with Crippen molar-refractivity contribution in [3.63, 3.8) is 0 Å². The van der Waals surface area contributed by atoms with Crippen molar-refractivity contribution in [1.29, 1.82) is 0 Å². The van der Waals surface area contributed by atoms with Crippen LogP contribution in [0.4, 0.5) is 13.2 Å². The number of halogens is 3. The smallest absolute Gasteiger partial charge is 0.286 e. The van der Waals surface area contributed by atoms with Gasteiger partial charge in [0.2, 0.25) is 0 Å². The Morgan fingerprint density at radius 1 is 1.12 bits per heavy atom. The minimum absolute atomic E-state index is 0.145. The number of hydrogen-bond acceptors (Lipinski definition) is 3. The fraction of sp³-hybridized carbons (Fsp3) is 0.222. The van der Waals surface area contributed by atoms with Gasteiger partial charge in [-0.3, -0.25) is 14.7 Å². The van der Waals surface area contributed by atoms with E-state index >= 15 is 0 Å². The number of aliphatic imine (C=N–C) groups is 1. The summed E-state index contributed by atoms with van der Waals surface area (Å²) in [5, 5.41) is 0.547. The van der Waals surface area contributed by atoms with Gasteiger partial charge in [0.25, 0.3) is 5.91 Å². The molecule has 0 saturated carbocycles. The maximum Gasteiger partial charge on any atom is 0.416 e. The van der Waals surface area contributed by atoms with Gasteiger partial charge >= 0.3 is 6.18 Å². The molecule has 3 rings (SSSR count). The summed E-state index contributed by atoms with van der Waals surface area (Å²) in [6, 6.07) is 14.1. The molecule has 0 fully saturated rings. The van der Waals surface area contributed by atoms with Crippen molar-refractivity contribution in [2.24, 2.45) is 4.99 Å². The minimum atomic E-state index is -4.36. The molecular weight excluding hydrogens is 349 g/mol. The molecule has 0 radical (unpaired) electrons. The van der Waals surface area contributed by atoms with E-state index in [2.05, 4.69) is 4.99 Å². The fourth-order valence-corrected chi connectivity index (χ4v) is 3.45. The minimum Gasteiger partial charge on any atom is -0.286 e. The SMILES string of the molecule is O=C(c1ccccc1)N1CCN=C1SCc1cccc(C(F)(F)F)c1. The number of carbonyl (C=O) groups is 1. The lowest BCUT2D eigenvalue weighted by molar-refractivity contribution is -0.137. The summed E-state index contributed by atoms with van der Waals surface area (Å²) < 4.78 is 38.3. The molecule has 2 aromatic carbocycles. The largest absolute Gasteiger partial charge is 0.416 e. The third-order valence-electron chi connectivity index (χ3n) is 3.69. The van der Waals surface area contributed by atoms with Crippen LogP contribution in [0.2, 0.25) is 0 Å². The van der Waals surface area contributed by atoms with E-state index < -0.39 is 11.7 Å². The third kappa shape index (κ3) is 4.22. The van der Waals surface area contributed by atoms with E-state index in [9.17, 15) is 18.0 Å². The first-order valence-corrected chi connectivity index (χ1v) is 8.64. The number of carbonyl (C=O) groups excluding carboxylic acids is 1. The van der Waals surface area contributed by atoms with Crippen LogP contribution in [-0.2, 0) is 11.9 Å². The highest BCUT2D eigenvalue weighted by atomic mass is 32.2. The number of nitrogens with zero attached hydrogens (tertiary/aromatic N) is 2. The molecule has 1 aliphatic rings. The first-order chi connectivity index (χ1) is 11.9. The highest BCUT2D eigenvalue weighted by molar-refractivity contribution is 8.13. The van der Waals surface area contributed by atoms with Gasteiger partial charge in [-0.1, -0.05) is 48.2 Å². The molecule has 1 amide bonds. The van der Waals surface area contributed by atoms with E-state index in [1.165, 1.54) is 17.8 Å². The average Bonchev–Trinajstić information content (AvgIpc) is 3.08. The predicted molar refractivity (Wildman–Crippen MR) is 92.5 cm³/mol. The summed E-state index contributed by atoms with van der Waals surface area (Å²) in [5.74, 6) is 0.176. The van der Waals surface area contributed by atoms with Gasteiger partial charge in [-0.25, -0.2) is 0 Å². The Morgan fingerprint density at radius 3 is 2.60 bits per heavy atom. The van der Waals surface area contributed by atoms with Crippen LogP contribution in [0, 0.1) is 0 Å². The molecule has 130 valence electrons. The lowest BCUT2D eigenvalue weighted by atomic mass is 10.1. The Hall–Kier alpha value is -2.28. The van der Waals surface area contributed by atoms with Crippen molar-refractivity contribution < 1.29 is 18.0 Å². The Morgan fingerprint density at radius 2 is 1.88 bits per heavy atom. The third-order valence-corrected chi connectivity index (χ3v) is 4.78. The number of benzene rings is 2. The molecule has 3 nitrogen and oxygen atoms in total. The van der Waals surface area contributed by atoms with Crippen LogP contribution in [0.15, 0.2) is 59.6 Å².